The van der Waals surface area contributed by atoms with E-state index in [0.717, 1.165) is 31.0 Å². The summed E-state index contributed by atoms with van der Waals surface area (Å²) in [6.45, 7) is 3.42. The second kappa shape index (κ2) is 7.48. The fraction of sp³-hybridized carbons (Fsp3) is 0.600. The molecule has 1 heterocycles. The molecule has 4 nitrogen and oxygen atoms in total. The summed E-state index contributed by atoms with van der Waals surface area (Å²) in [6.07, 6.45) is 2.44. The molecule has 1 aliphatic heterocycles. The van der Waals surface area contributed by atoms with Crippen LogP contribution in [0.1, 0.15) is 30.9 Å². The van der Waals surface area contributed by atoms with E-state index in [4.69, 9.17) is 10.5 Å². The predicted molar refractivity (Wildman–Crippen MR) is 76.2 cm³/mol. The molecule has 1 saturated heterocycles. The number of benzene rings is 1. The van der Waals surface area contributed by atoms with Gasteiger partial charge in [0.05, 0.1) is 12.7 Å². The van der Waals surface area contributed by atoms with Crippen molar-refractivity contribution in [1.29, 1.82) is 0 Å². The SMILES string of the molecule is NCC[C@@H](O)c1cccc(OCC2CCNCC2)c1. The molecule has 0 aliphatic carbocycles. The zero-order chi connectivity index (χ0) is 13.5. The van der Waals surface area contributed by atoms with Crippen molar-refractivity contribution in [1.82, 2.24) is 5.32 Å². The van der Waals surface area contributed by atoms with E-state index in [0.29, 0.717) is 18.9 Å². The van der Waals surface area contributed by atoms with Gasteiger partial charge in [-0.05, 0) is 62.5 Å². The molecular formula is C15H24N2O2. The number of piperidine rings is 1. The van der Waals surface area contributed by atoms with Crippen molar-refractivity contribution in [3.63, 3.8) is 0 Å². The van der Waals surface area contributed by atoms with Crippen LogP contribution in [0.3, 0.4) is 0 Å². The maximum atomic E-state index is 9.92. The van der Waals surface area contributed by atoms with E-state index in [-0.39, 0.29) is 0 Å². The van der Waals surface area contributed by atoms with Gasteiger partial charge in [0.1, 0.15) is 5.75 Å². The van der Waals surface area contributed by atoms with Crippen LogP contribution >= 0.6 is 0 Å². The zero-order valence-corrected chi connectivity index (χ0v) is 11.3. The minimum Gasteiger partial charge on any atom is -0.493 e. The van der Waals surface area contributed by atoms with E-state index < -0.39 is 6.10 Å². The largest absolute Gasteiger partial charge is 0.493 e. The van der Waals surface area contributed by atoms with Crippen molar-refractivity contribution in [3.8, 4) is 5.75 Å². The van der Waals surface area contributed by atoms with Crippen molar-refractivity contribution in [2.24, 2.45) is 11.7 Å². The third-order valence-electron chi connectivity index (χ3n) is 3.63. The molecule has 106 valence electrons. The number of rotatable bonds is 6. The molecule has 0 amide bonds. The Bertz CT molecular complexity index is 378. The minimum absolute atomic E-state index is 0.487. The van der Waals surface area contributed by atoms with Crippen LogP contribution in [0, 0.1) is 5.92 Å². The molecule has 0 saturated carbocycles. The molecule has 1 fully saturated rings. The summed E-state index contributed by atoms with van der Waals surface area (Å²) in [7, 11) is 0. The van der Waals surface area contributed by atoms with Gasteiger partial charge in [0.2, 0.25) is 0 Å². The Labute approximate surface area is 115 Å². The maximum Gasteiger partial charge on any atom is 0.119 e. The third kappa shape index (κ3) is 4.49. The zero-order valence-electron chi connectivity index (χ0n) is 11.3. The summed E-state index contributed by atoms with van der Waals surface area (Å²) in [4.78, 5) is 0. The highest BCUT2D eigenvalue weighted by atomic mass is 16.5. The third-order valence-corrected chi connectivity index (χ3v) is 3.63. The highest BCUT2D eigenvalue weighted by molar-refractivity contribution is 5.29. The number of hydrogen-bond donors (Lipinski definition) is 3. The van der Waals surface area contributed by atoms with E-state index in [1.807, 2.05) is 24.3 Å². The quantitative estimate of drug-likeness (QED) is 0.727. The smallest absolute Gasteiger partial charge is 0.119 e. The van der Waals surface area contributed by atoms with E-state index in [9.17, 15) is 5.11 Å². The van der Waals surface area contributed by atoms with Crippen molar-refractivity contribution in [2.75, 3.05) is 26.2 Å². The van der Waals surface area contributed by atoms with Gasteiger partial charge in [-0.15, -0.1) is 0 Å². The molecule has 4 N–H and O–H groups in total. The molecule has 0 radical (unpaired) electrons. The molecule has 0 bridgehead atoms. The number of nitrogens with two attached hydrogens (primary N) is 1. The van der Waals surface area contributed by atoms with Crippen LogP contribution in [-0.4, -0.2) is 31.3 Å². The maximum absolute atomic E-state index is 9.92. The van der Waals surface area contributed by atoms with Gasteiger partial charge in [0.15, 0.2) is 0 Å². The fourth-order valence-electron chi connectivity index (χ4n) is 2.40. The van der Waals surface area contributed by atoms with E-state index in [1.54, 1.807) is 0 Å². The Balaban J connectivity index is 1.87. The highest BCUT2D eigenvalue weighted by Crippen LogP contribution is 2.22. The second-order valence-electron chi connectivity index (χ2n) is 5.17. The first-order chi connectivity index (χ1) is 9.29. The average Bonchev–Trinajstić information content (AvgIpc) is 2.47. The average molecular weight is 264 g/mol. The van der Waals surface area contributed by atoms with Crippen LogP contribution in [0.2, 0.25) is 0 Å². The van der Waals surface area contributed by atoms with Crippen molar-refractivity contribution in [3.05, 3.63) is 29.8 Å². The summed E-state index contributed by atoms with van der Waals surface area (Å²) in [6, 6.07) is 7.70. The van der Waals surface area contributed by atoms with Crippen LogP contribution < -0.4 is 15.8 Å². The molecular weight excluding hydrogens is 240 g/mol. The Kier molecular flexibility index (Phi) is 5.63. The molecule has 1 aromatic rings. The molecule has 1 atom stereocenters. The monoisotopic (exact) mass is 264 g/mol. The lowest BCUT2D eigenvalue weighted by molar-refractivity contribution is 0.169. The van der Waals surface area contributed by atoms with Gasteiger partial charge in [-0.3, -0.25) is 0 Å². The lowest BCUT2D eigenvalue weighted by atomic mass is 9.99. The lowest BCUT2D eigenvalue weighted by Gasteiger charge is -2.22. The van der Waals surface area contributed by atoms with Gasteiger partial charge in [-0.2, -0.15) is 0 Å². The molecule has 0 spiro atoms. The summed E-state index contributed by atoms with van der Waals surface area (Å²) >= 11 is 0. The van der Waals surface area contributed by atoms with Crippen LogP contribution in [0.15, 0.2) is 24.3 Å². The molecule has 19 heavy (non-hydrogen) atoms. The Morgan fingerprint density at radius 3 is 2.89 bits per heavy atom. The first kappa shape index (κ1) is 14.3. The Hall–Kier alpha value is -1.10. The first-order valence-electron chi connectivity index (χ1n) is 7.11. The molecule has 1 aromatic carbocycles. The second-order valence-corrected chi connectivity index (χ2v) is 5.17. The summed E-state index contributed by atoms with van der Waals surface area (Å²) < 4.78 is 5.84. The molecule has 2 rings (SSSR count). The number of nitrogens with one attached hydrogen (secondary N) is 1. The first-order valence-corrected chi connectivity index (χ1v) is 7.11. The molecule has 0 aromatic heterocycles. The highest BCUT2D eigenvalue weighted by Gasteiger charge is 2.14. The van der Waals surface area contributed by atoms with Gasteiger partial charge < -0.3 is 20.9 Å². The van der Waals surface area contributed by atoms with Crippen molar-refractivity contribution in [2.45, 2.75) is 25.4 Å². The van der Waals surface area contributed by atoms with E-state index in [2.05, 4.69) is 5.32 Å². The van der Waals surface area contributed by atoms with Gasteiger partial charge in [0.25, 0.3) is 0 Å². The number of aliphatic hydroxyl groups excluding tert-OH is 1. The fourth-order valence-corrected chi connectivity index (χ4v) is 2.40. The van der Waals surface area contributed by atoms with Gasteiger partial charge >= 0.3 is 0 Å². The summed E-state index contributed by atoms with van der Waals surface area (Å²) in [5.74, 6) is 1.48. The number of hydrogen-bond acceptors (Lipinski definition) is 4. The Morgan fingerprint density at radius 2 is 2.16 bits per heavy atom. The van der Waals surface area contributed by atoms with Crippen LogP contribution in [-0.2, 0) is 0 Å². The summed E-state index contributed by atoms with van der Waals surface area (Å²) in [5.41, 5.74) is 6.35. The minimum atomic E-state index is -0.493. The molecule has 1 aliphatic rings. The van der Waals surface area contributed by atoms with E-state index in [1.165, 1.54) is 12.8 Å². The lowest BCUT2D eigenvalue weighted by Crippen LogP contribution is -2.30. The topological polar surface area (TPSA) is 67.5 Å². The van der Waals surface area contributed by atoms with Crippen LogP contribution in [0.25, 0.3) is 0 Å². The van der Waals surface area contributed by atoms with Crippen molar-refractivity contribution >= 4 is 0 Å². The molecule has 4 heteroatoms. The normalized spacial score (nSPS) is 18.2. The number of aliphatic hydroxyl groups is 1. The van der Waals surface area contributed by atoms with Crippen LogP contribution in [0.5, 0.6) is 5.75 Å². The van der Waals surface area contributed by atoms with Gasteiger partial charge in [-0.25, -0.2) is 0 Å². The van der Waals surface area contributed by atoms with Crippen LogP contribution in [0.4, 0.5) is 0 Å². The van der Waals surface area contributed by atoms with Gasteiger partial charge in [0, 0.05) is 0 Å². The van der Waals surface area contributed by atoms with Gasteiger partial charge in [-0.1, -0.05) is 12.1 Å². The predicted octanol–water partition coefficient (Wildman–Crippen LogP) is 1.45. The Morgan fingerprint density at radius 1 is 1.37 bits per heavy atom. The standard InChI is InChI=1S/C15H24N2O2/c16-7-4-15(18)13-2-1-3-14(10-13)19-11-12-5-8-17-9-6-12/h1-3,10,12,15,17-18H,4-9,11,16H2/t15-/m1/s1. The van der Waals surface area contributed by atoms with Crippen molar-refractivity contribution < 1.29 is 9.84 Å². The van der Waals surface area contributed by atoms with E-state index >= 15 is 0 Å². The molecule has 0 unspecified atom stereocenters. The number of ether oxygens (including phenoxy) is 1. The summed E-state index contributed by atoms with van der Waals surface area (Å²) in [5, 5.41) is 13.3.